The van der Waals surface area contributed by atoms with Crippen molar-refractivity contribution in [1.29, 1.82) is 0 Å². The maximum absolute atomic E-state index is 5.52. The third-order valence-electron chi connectivity index (χ3n) is 2.63. The lowest BCUT2D eigenvalue weighted by atomic mass is 10.1. The van der Waals surface area contributed by atoms with Gasteiger partial charge in [-0.25, -0.2) is 0 Å². The van der Waals surface area contributed by atoms with Gasteiger partial charge in [0.25, 0.3) is 0 Å². The molecular weight excluding hydrogens is 244 g/mol. The van der Waals surface area contributed by atoms with Gasteiger partial charge in [0.1, 0.15) is 0 Å². The molecular formula is C15H16O4. The highest BCUT2D eigenvalue weighted by Crippen LogP contribution is 2.46. The molecule has 0 fully saturated rings. The maximum Gasteiger partial charge on any atom is 0.361 e. The zero-order chi connectivity index (χ0) is 14.0. The van der Waals surface area contributed by atoms with E-state index < -0.39 is 6.48 Å². The maximum atomic E-state index is 5.52. The summed E-state index contributed by atoms with van der Waals surface area (Å²) in [6.07, 6.45) is 0. The molecule has 2 rings (SSSR count). The summed E-state index contributed by atoms with van der Waals surface area (Å²) in [5, 5.41) is 0. The Balaban J connectivity index is 2.53. The molecule has 4 nitrogen and oxygen atoms in total. The third-order valence-corrected chi connectivity index (χ3v) is 2.63. The molecule has 0 N–H and O–H groups in total. The molecule has 19 heavy (non-hydrogen) atoms. The van der Waals surface area contributed by atoms with Gasteiger partial charge in [-0.05, 0) is 31.1 Å². The van der Waals surface area contributed by atoms with E-state index in [1.165, 1.54) is 7.11 Å². The Morgan fingerprint density at radius 1 is 1.37 bits per heavy atom. The number of allylic oxidation sites excluding steroid dienone is 1. The SMILES string of the molecule is C=C(C)C#Cc1c(C)cc2c(c1OC)OC(OC)O2. The van der Waals surface area contributed by atoms with Crippen LogP contribution >= 0.6 is 0 Å². The number of rotatable bonds is 2. The van der Waals surface area contributed by atoms with Crippen LogP contribution < -0.4 is 14.2 Å². The van der Waals surface area contributed by atoms with Crippen LogP contribution in [0.15, 0.2) is 18.2 Å². The first-order chi connectivity index (χ1) is 9.06. The van der Waals surface area contributed by atoms with Crippen molar-refractivity contribution in [3.05, 3.63) is 29.3 Å². The summed E-state index contributed by atoms with van der Waals surface area (Å²) in [5.74, 6) is 7.66. The largest absolute Gasteiger partial charge is 0.491 e. The fourth-order valence-corrected chi connectivity index (χ4v) is 1.78. The average Bonchev–Trinajstić information content (AvgIpc) is 2.77. The predicted octanol–water partition coefficient (Wildman–Crippen LogP) is 2.63. The van der Waals surface area contributed by atoms with Crippen molar-refractivity contribution in [2.24, 2.45) is 0 Å². The normalized spacial score (nSPS) is 15.7. The zero-order valence-electron chi connectivity index (χ0n) is 11.5. The molecule has 0 saturated carbocycles. The molecule has 1 atom stereocenters. The van der Waals surface area contributed by atoms with Gasteiger partial charge in [-0.15, -0.1) is 0 Å². The molecule has 4 heteroatoms. The minimum Gasteiger partial charge on any atom is -0.491 e. The van der Waals surface area contributed by atoms with Crippen molar-refractivity contribution in [1.82, 2.24) is 0 Å². The van der Waals surface area contributed by atoms with E-state index in [1.54, 1.807) is 7.11 Å². The van der Waals surface area contributed by atoms with Crippen molar-refractivity contribution >= 4 is 0 Å². The molecule has 1 aromatic rings. The fourth-order valence-electron chi connectivity index (χ4n) is 1.78. The van der Waals surface area contributed by atoms with Crippen molar-refractivity contribution in [3.8, 4) is 29.1 Å². The minimum atomic E-state index is -0.743. The van der Waals surface area contributed by atoms with Crippen LogP contribution in [-0.4, -0.2) is 20.7 Å². The standard InChI is InChI=1S/C15H16O4/c1-9(2)6-7-11-10(3)8-12-14(13(11)16-4)19-15(17-5)18-12/h8,15H,1H2,2-5H3. The smallest absolute Gasteiger partial charge is 0.361 e. The van der Waals surface area contributed by atoms with Gasteiger partial charge in [0.15, 0.2) is 11.5 Å². The average molecular weight is 260 g/mol. The van der Waals surface area contributed by atoms with Crippen LogP contribution in [0.1, 0.15) is 18.1 Å². The van der Waals surface area contributed by atoms with Crippen LogP contribution in [0.2, 0.25) is 0 Å². The van der Waals surface area contributed by atoms with E-state index in [1.807, 2.05) is 19.9 Å². The molecule has 0 spiro atoms. The lowest BCUT2D eigenvalue weighted by Gasteiger charge is -2.09. The second kappa shape index (κ2) is 5.25. The van der Waals surface area contributed by atoms with E-state index in [-0.39, 0.29) is 0 Å². The Morgan fingerprint density at radius 2 is 2.11 bits per heavy atom. The number of hydrogen-bond acceptors (Lipinski definition) is 4. The second-order valence-electron chi connectivity index (χ2n) is 4.22. The summed E-state index contributed by atoms with van der Waals surface area (Å²) >= 11 is 0. The summed E-state index contributed by atoms with van der Waals surface area (Å²) in [5.41, 5.74) is 2.50. The third kappa shape index (κ3) is 2.51. The van der Waals surface area contributed by atoms with Crippen molar-refractivity contribution in [2.45, 2.75) is 20.3 Å². The van der Waals surface area contributed by atoms with Crippen LogP contribution in [0.5, 0.6) is 17.2 Å². The van der Waals surface area contributed by atoms with Gasteiger partial charge in [0, 0.05) is 7.11 Å². The molecule has 1 aliphatic rings. The van der Waals surface area contributed by atoms with E-state index in [0.29, 0.717) is 17.2 Å². The van der Waals surface area contributed by atoms with E-state index in [9.17, 15) is 0 Å². The van der Waals surface area contributed by atoms with E-state index in [2.05, 4.69) is 18.4 Å². The molecule has 1 heterocycles. The van der Waals surface area contributed by atoms with Crippen LogP contribution in [0.4, 0.5) is 0 Å². The van der Waals surface area contributed by atoms with Crippen molar-refractivity contribution in [3.63, 3.8) is 0 Å². The topological polar surface area (TPSA) is 36.9 Å². The Kier molecular flexibility index (Phi) is 3.68. The fraction of sp³-hybridized carbons (Fsp3) is 0.333. The van der Waals surface area contributed by atoms with Crippen molar-refractivity contribution in [2.75, 3.05) is 14.2 Å². The second-order valence-corrected chi connectivity index (χ2v) is 4.22. The van der Waals surface area contributed by atoms with Gasteiger partial charge >= 0.3 is 6.48 Å². The quantitative estimate of drug-likeness (QED) is 0.766. The Morgan fingerprint density at radius 3 is 2.68 bits per heavy atom. The van der Waals surface area contributed by atoms with Gasteiger partial charge in [0.2, 0.25) is 5.75 Å². The molecule has 0 radical (unpaired) electrons. The number of aryl methyl sites for hydroxylation is 1. The van der Waals surface area contributed by atoms with Crippen LogP contribution in [-0.2, 0) is 4.74 Å². The van der Waals surface area contributed by atoms with Crippen LogP contribution in [0, 0.1) is 18.8 Å². The first-order valence-electron chi connectivity index (χ1n) is 5.82. The summed E-state index contributed by atoms with van der Waals surface area (Å²) < 4.78 is 21.4. The molecule has 0 aromatic heterocycles. The highest BCUT2D eigenvalue weighted by atomic mass is 16.9. The molecule has 1 aromatic carbocycles. The summed E-state index contributed by atoms with van der Waals surface area (Å²) in [4.78, 5) is 0. The van der Waals surface area contributed by atoms with E-state index in [4.69, 9.17) is 18.9 Å². The molecule has 1 aliphatic heterocycles. The van der Waals surface area contributed by atoms with Crippen LogP contribution in [0.3, 0.4) is 0 Å². The molecule has 0 aliphatic carbocycles. The summed E-state index contributed by atoms with van der Waals surface area (Å²) in [6, 6.07) is 1.86. The number of methoxy groups -OCH3 is 2. The molecule has 0 saturated heterocycles. The van der Waals surface area contributed by atoms with Crippen LogP contribution in [0.25, 0.3) is 0 Å². The summed E-state index contributed by atoms with van der Waals surface area (Å²) in [7, 11) is 3.09. The van der Waals surface area contributed by atoms with Gasteiger partial charge in [-0.3, -0.25) is 0 Å². The zero-order valence-corrected chi connectivity index (χ0v) is 11.5. The first-order valence-corrected chi connectivity index (χ1v) is 5.82. The number of benzene rings is 1. The highest BCUT2D eigenvalue weighted by Gasteiger charge is 2.30. The lowest BCUT2D eigenvalue weighted by molar-refractivity contribution is -0.158. The highest BCUT2D eigenvalue weighted by molar-refractivity contribution is 5.65. The minimum absolute atomic E-state index is 0.519. The van der Waals surface area contributed by atoms with Crippen molar-refractivity contribution < 1.29 is 18.9 Å². The number of fused-ring (bicyclic) bond motifs is 1. The van der Waals surface area contributed by atoms with E-state index in [0.717, 1.165) is 16.7 Å². The monoisotopic (exact) mass is 260 g/mol. The summed E-state index contributed by atoms with van der Waals surface area (Å²) in [6.45, 7) is 6.81. The first kappa shape index (κ1) is 13.3. The number of hydrogen-bond donors (Lipinski definition) is 0. The van der Waals surface area contributed by atoms with Gasteiger partial charge < -0.3 is 18.9 Å². The molecule has 1 unspecified atom stereocenters. The Labute approximate surface area is 112 Å². The lowest BCUT2D eigenvalue weighted by Crippen LogP contribution is -2.19. The molecule has 0 bridgehead atoms. The molecule has 0 amide bonds. The van der Waals surface area contributed by atoms with E-state index >= 15 is 0 Å². The van der Waals surface area contributed by atoms with Gasteiger partial charge in [-0.1, -0.05) is 18.4 Å². The van der Waals surface area contributed by atoms with Gasteiger partial charge in [0.05, 0.1) is 12.7 Å². The number of ether oxygens (including phenoxy) is 4. The predicted molar refractivity (Wildman–Crippen MR) is 71.5 cm³/mol. The Bertz CT molecular complexity index is 578. The van der Waals surface area contributed by atoms with Gasteiger partial charge in [-0.2, -0.15) is 0 Å². The molecule has 100 valence electrons. The Hall–Kier alpha value is -2.12.